The third kappa shape index (κ3) is 2.72. The minimum atomic E-state index is 0.572. The van der Waals surface area contributed by atoms with Crippen LogP contribution in [0.1, 0.15) is 49.5 Å². The van der Waals surface area contributed by atoms with Gasteiger partial charge in [-0.2, -0.15) is 0 Å². The molecule has 0 spiro atoms. The van der Waals surface area contributed by atoms with Crippen LogP contribution >= 0.6 is 23.2 Å². The van der Waals surface area contributed by atoms with E-state index in [9.17, 15) is 0 Å². The van der Waals surface area contributed by atoms with Crippen molar-refractivity contribution in [3.05, 3.63) is 39.8 Å². The van der Waals surface area contributed by atoms with E-state index in [-0.39, 0.29) is 0 Å². The van der Waals surface area contributed by atoms with Crippen molar-refractivity contribution in [2.45, 2.75) is 44.9 Å². The molecule has 2 aromatic rings. The molecule has 0 saturated heterocycles. The van der Waals surface area contributed by atoms with Gasteiger partial charge in [-0.15, -0.1) is 0 Å². The Hall–Kier alpha value is -0.990. The predicted octanol–water partition coefficient (Wildman–Crippen LogP) is 5.74. The number of imidazole rings is 1. The summed E-state index contributed by atoms with van der Waals surface area (Å²) in [4.78, 5) is 8.26. The van der Waals surface area contributed by atoms with E-state index >= 15 is 0 Å². The fourth-order valence-electron chi connectivity index (χ4n) is 3.00. The number of H-pyrrole nitrogens is 1. The zero-order chi connectivity index (χ0) is 14.1. The van der Waals surface area contributed by atoms with Crippen molar-refractivity contribution in [2.24, 2.45) is 0 Å². The van der Waals surface area contributed by atoms with Crippen molar-refractivity contribution in [1.82, 2.24) is 9.97 Å². The lowest BCUT2D eigenvalue weighted by Crippen LogP contribution is -2.06. The van der Waals surface area contributed by atoms with Crippen molar-refractivity contribution in [2.75, 3.05) is 0 Å². The molecule has 1 aliphatic rings. The molecule has 0 amide bonds. The first-order valence-electron chi connectivity index (χ1n) is 7.17. The minimum Gasteiger partial charge on any atom is -0.345 e. The van der Waals surface area contributed by atoms with E-state index in [1.165, 1.54) is 32.1 Å². The van der Waals surface area contributed by atoms with Gasteiger partial charge in [0.15, 0.2) is 0 Å². The van der Waals surface area contributed by atoms with Crippen LogP contribution in [0.15, 0.2) is 18.2 Å². The molecule has 1 heterocycles. The lowest BCUT2D eigenvalue weighted by molar-refractivity contribution is 0.430. The van der Waals surface area contributed by atoms with Crippen LogP contribution in [0.2, 0.25) is 10.0 Å². The number of nitrogens with one attached hydrogen (secondary N) is 1. The Balaban J connectivity index is 1.95. The first-order valence-corrected chi connectivity index (χ1v) is 7.92. The van der Waals surface area contributed by atoms with Gasteiger partial charge in [0.25, 0.3) is 0 Å². The third-order valence-electron chi connectivity index (χ3n) is 4.08. The van der Waals surface area contributed by atoms with Crippen molar-refractivity contribution in [1.29, 1.82) is 0 Å². The van der Waals surface area contributed by atoms with Gasteiger partial charge in [0.2, 0.25) is 0 Å². The van der Waals surface area contributed by atoms with Crippen molar-refractivity contribution in [3.8, 4) is 11.3 Å². The summed E-state index contributed by atoms with van der Waals surface area (Å²) in [6.45, 7) is 2.06. The molecule has 1 aliphatic carbocycles. The van der Waals surface area contributed by atoms with Crippen LogP contribution in [-0.4, -0.2) is 9.97 Å². The average Bonchev–Trinajstić information content (AvgIpc) is 2.82. The van der Waals surface area contributed by atoms with E-state index in [0.717, 1.165) is 22.8 Å². The monoisotopic (exact) mass is 308 g/mol. The third-order valence-corrected chi connectivity index (χ3v) is 4.63. The van der Waals surface area contributed by atoms with Gasteiger partial charge in [-0.25, -0.2) is 4.98 Å². The molecule has 0 unspecified atom stereocenters. The zero-order valence-corrected chi connectivity index (χ0v) is 13.1. The van der Waals surface area contributed by atoms with E-state index in [4.69, 9.17) is 28.2 Å². The van der Waals surface area contributed by atoms with Gasteiger partial charge in [-0.05, 0) is 38.0 Å². The highest BCUT2D eigenvalue weighted by atomic mass is 35.5. The van der Waals surface area contributed by atoms with Crippen LogP contribution in [0, 0.1) is 6.92 Å². The summed E-state index contributed by atoms with van der Waals surface area (Å²) in [7, 11) is 0. The van der Waals surface area contributed by atoms with Gasteiger partial charge in [0.05, 0.1) is 10.7 Å². The molecular formula is C16H18Cl2N2. The second-order valence-electron chi connectivity index (χ2n) is 5.55. The van der Waals surface area contributed by atoms with Crippen LogP contribution in [0.4, 0.5) is 0 Å². The highest BCUT2D eigenvalue weighted by molar-refractivity contribution is 6.36. The largest absolute Gasteiger partial charge is 0.345 e. The summed E-state index contributed by atoms with van der Waals surface area (Å²) in [5.41, 5.74) is 2.98. The lowest BCUT2D eigenvalue weighted by Gasteiger charge is -2.19. The first kappa shape index (κ1) is 14.0. The number of aromatic amines is 1. The molecule has 20 heavy (non-hydrogen) atoms. The molecular weight excluding hydrogens is 291 g/mol. The first-order chi connectivity index (χ1) is 9.65. The van der Waals surface area contributed by atoms with Crippen LogP contribution in [-0.2, 0) is 0 Å². The summed E-state index contributed by atoms with van der Waals surface area (Å²) in [5, 5.41) is 1.31. The van der Waals surface area contributed by atoms with Crippen molar-refractivity contribution >= 4 is 23.2 Å². The standard InChI is InChI=1S/C16H18Cl2N2/c1-10-15(13-8-7-12(17)9-14(13)18)20-16(19-10)11-5-3-2-4-6-11/h7-9,11H,2-6H2,1H3,(H,19,20). The maximum Gasteiger partial charge on any atom is 0.110 e. The maximum atomic E-state index is 6.29. The van der Waals surface area contributed by atoms with Crippen LogP contribution in [0.3, 0.4) is 0 Å². The minimum absolute atomic E-state index is 0.572. The van der Waals surface area contributed by atoms with E-state index in [1.54, 1.807) is 6.07 Å². The Morgan fingerprint density at radius 1 is 1.15 bits per heavy atom. The summed E-state index contributed by atoms with van der Waals surface area (Å²) >= 11 is 12.3. The van der Waals surface area contributed by atoms with Gasteiger partial charge in [-0.3, -0.25) is 0 Å². The van der Waals surface area contributed by atoms with E-state index in [2.05, 4.69) is 11.9 Å². The number of hydrogen-bond acceptors (Lipinski definition) is 1. The molecule has 0 aliphatic heterocycles. The second kappa shape index (κ2) is 5.79. The Kier molecular flexibility index (Phi) is 4.04. The summed E-state index contributed by atoms with van der Waals surface area (Å²) in [5.74, 6) is 1.69. The number of hydrogen-bond donors (Lipinski definition) is 1. The summed E-state index contributed by atoms with van der Waals surface area (Å²) in [6.07, 6.45) is 6.44. The molecule has 2 nitrogen and oxygen atoms in total. The molecule has 0 bridgehead atoms. The topological polar surface area (TPSA) is 28.7 Å². The number of benzene rings is 1. The highest BCUT2D eigenvalue weighted by Gasteiger charge is 2.21. The molecule has 106 valence electrons. The molecule has 1 saturated carbocycles. The lowest BCUT2D eigenvalue weighted by atomic mass is 9.89. The Labute approximate surface area is 129 Å². The fraction of sp³-hybridized carbons (Fsp3) is 0.438. The molecule has 4 heteroatoms. The molecule has 1 fully saturated rings. The molecule has 1 N–H and O–H groups in total. The average molecular weight is 309 g/mol. The number of halogens is 2. The molecule has 0 radical (unpaired) electrons. The van der Waals surface area contributed by atoms with Crippen molar-refractivity contribution < 1.29 is 0 Å². The summed E-state index contributed by atoms with van der Waals surface area (Å²) in [6, 6.07) is 5.57. The van der Waals surface area contributed by atoms with Crippen molar-refractivity contribution in [3.63, 3.8) is 0 Å². The van der Waals surface area contributed by atoms with Gasteiger partial charge >= 0.3 is 0 Å². The van der Waals surface area contributed by atoms with Crippen LogP contribution in [0.25, 0.3) is 11.3 Å². The number of aryl methyl sites for hydroxylation is 1. The second-order valence-corrected chi connectivity index (χ2v) is 6.40. The van der Waals surface area contributed by atoms with Gasteiger partial charge in [0.1, 0.15) is 5.82 Å². The van der Waals surface area contributed by atoms with Gasteiger partial charge < -0.3 is 4.98 Å². The van der Waals surface area contributed by atoms with Gasteiger partial charge in [0, 0.05) is 22.2 Å². The molecule has 0 atom stereocenters. The van der Waals surface area contributed by atoms with E-state index in [0.29, 0.717) is 16.0 Å². The quantitative estimate of drug-likeness (QED) is 0.753. The number of rotatable bonds is 2. The van der Waals surface area contributed by atoms with E-state index in [1.807, 2.05) is 12.1 Å². The smallest absolute Gasteiger partial charge is 0.110 e. The fourth-order valence-corrected chi connectivity index (χ4v) is 3.49. The SMILES string of the molecule is Cc1[nH]c(C2CCCCC2)nc1-c1ccc(Cl)cc1Cl. The normalized spacial score (nSPS) is 16.6. The van der Waals surface area contributed by atoms with E-state index < -0.39 is 0 Å². The zero-order valence-electron chi connectivity index (χ0n) is 11.5. The number of aromatic nitrogens is 2. The summed E-state index contributed by atoms with van der Waals surface area (Å²) < 4.78 is 0. The maximum absolute atomic E-state index is 6.29. The highest BCUT2D eigenvalue weighted by Crippen LogP contribution is 2.35. The van der Waals surface area contributed by atoms with Gasteiger partial charge in [-0.1, -0.05) is 42.5 Å². The Bertz CT molecular complexity index is 613. The van der Waals surface area contributed by atoms with Crippen LogP contribution in [0.5, 0.6) is 0 Å². The molecule has 1 aromatic carbocycles. The Morgan fingerprint density at radius 2 is 1.90 bits per heavy atom. The molecule has 1 aromatic heterocycles. The number of nitrogens with zero attached hydrogens (tertiary/aromatic N) is 1. The van der Waals surface area contributed by atoms with Crippen LogP contribution < -0.4 is 0 Å². The Morgan fingerprint density at radius 3 is 2.60 bits per heavy atom. The molecule has 3 rings (SSSR count). The predicted molar refractivity (Wildman–Crippen MR) is 84.6 cm³/mol.